The lowest BCUT2D eigenvalue weighted by atomic mass is 10.0. The minimum Gasteiger partial charge on any atom is -0.481 e. The van der Waals surface area contributed by atoms with Crippen LogP contribution >= 0.6 is 0 Å². The number of ether oxygens (including phenoxy) is 1. The average Bonchev–Trinajstić information content (AvgIpc) is 2.62. The normalized spacial score (nSPS) is 12.0. The first-order valence-electron chi connectivity index (χ1n) is 9.12. The van der Waals surface area contributed by atoms with Gasteiger partial charge in [0.05, 0.1) is 0 Å². The molecule has 0 aromatic heterocycles. The predicted octanol–water partition coefficient (Wildman–Crippen LogP) is 4.50. The molecule has 1 amide bonds. The SMILES string of the molecule is CCc1ccccc1OC(C)C(=O)NCCc1ccc(C(C)C)cc1. The quantitative estimate of drug-likeness (QED) is 0.769. The van der Waals surface area contributed by atoms with Crippen molar-refractivity contribution in [1.82, 2.24) is 5.32 Å². The molecule has 0 bridgehead atoms. The van der Waals surface area contributed by atoms with E-state index in [4.69, 9.17) is 4.74 Å². The summed E-state index contributed by atoms with van der Waals surface area (Å²) in [7, 11) is 0. The molecule has 3 heteroatoms. The van der Waals surface area contributed by atoms with Gasteiger partial charge in [0.25, 0.3) is 5.91 Å². The van der Waals surface area contributed by atoms with E-state index in [1.807, 2.05) is 24.3 Å². The van der Waals surface area contributed by atoms with Crippen molar-refractivity contribution in [1.29, 1.82) is 0 Å². The molecule has 0 radical (unpaired) electrons. The van der Waals surface area contributed by atoms with E-state index in [-0.39, 0.29) is 5.91 Å². The Hall–Kier alpha value is -2.29. The molecular formula is C22H29NO2. The van der Waals surface area contributed by atoms with E-state index in [0.29, 0.717) is 12.5 Å². The second-order valence-corrected chi connectivity index (χ2v) is 6.66. The third-order valence-electron chi connectivity index (χ3n) is 4.39. The van der Waals surface area contributed by atoms with Gasteiger partial charge in [0, 0.05) is 6.54 Å². The van der Waals surface area contributed by atoms with Crippen molar-refractivity contribution in [3.8, 4) is 5.75 Å². The summed E-state index contributed by atoms with van der Waals surface area (Å²) in [6.45, 7) is 8.86. The Morgan fingerprint density at radius 2 is 1.72 bits per heavy atom. The first-order chi connectivity index (χ1) is 12.0. The molecule has 1 unspecified atom stereocenters. The Morgan fingerprint density at radius 3 is 2.36 bits per heavy atom. The molecule has 0 spiro atoms. The van der Waals surface area contributed by atoms with Gasteiger partial charge in [-0.15, -0.1) is 0 Å². The molecule has 2 aromatic rings. The zero-order valence-electron chi connectivity index (χ0n) is 15.7. The van der Waals surface area contributed by atoms with Crippen LogP contribution in [0, 0.1) is 0 Å². The molecule has 0 saturated heterocycles. The van der Waals surface area contributed by atoms with Gasteiger partial charge in [-0.1, -0.05) is 63.2 Å². The fourth-order valence-corrected chi connectivity index (χ4v) is 2.70. The van der Waals surface area contributed by atoms with Crippen molar-refractivity contribution < 1.29 is 9.53 Å². The van der Waals surface area contributed by atoms with Crippen molar-refractivity contribution in [2.24, 2.45) is 0 Å². The maximum Gasteiger partial charge on any atom is 0.260 e. The summed E-state index contributed by atoms with van der Waals surface area (Å²) in [4.78, 5) is 12.2. The van der Waals surface area contributed by atoms with Crippen LogP contribution in [-0.2, 0) is 17.6 Å². The zero-order chi connectivity index (χ0) is 18.2. The maximum atomic E-state index is 12.2. The van der Waals surface area contributed by atoms with Crippen LogP contribution in [0.3, 0.4) is 0 Å². The largest absolute Gasteiger partial charge is 0.481 e. The lowest BCUT2D eigenvalue weighted by molar-refractivity contribution is -0.127. The summed E-state index contributed by atoms with van der Waals surface area (Å²) in [5, 5.41) is 2.96. The summed E-state index contributed by atoms with van der Waals surface area (Å²) in [5.74, 6) is 1.25. The van der Waals surface area contributed by atoms with Gasteiger partial charge in [-0.25, -0.2) is 0 Å². The van der Waals surface area contributed by atoms with Crippen LogP contribution in [0.25, 0.3) is 0 Å². The number of aryl methyl sites for hydroxylation is 1. The first-order valence-corrected chi connectivity index (χ1v) is 9.12. The Balaban J connectivity index is 1.81. The summed E-state index contributed by atoms with van der Waals surface area (Å²) < 4.78 is 5.83. The molecular weight excluding hydrogens is 310 g/mol. The van der Waals surface area contributed by atoms with Gasteiger partial charge < -0.3 is 10.1 Å². The highest BCUT2D eigenvalue weighted by atomic mass is 16.5. The van der Waals surface area contributed by atoms with Gasteiger partial charge in [-0.05, 0) is 48.4 Å². The maximum absolute atomic E-state index is 12.2. The number of benzene rings is 2. The Labute approximate surface area is 151 Å². The number of hydrogen-bond donors (Lipinski definition) is 1. The van der Waals surface area contributed by atoms with Gasteiger partial charge in [-0.3, -0.25) is 4.79 Å². The molecule has 0 aliphatic heterocycles. The van der Waals surface area contributed by atoms with E-state index in [9.17, 15) is 4.79 Å². The third kappa shape index (κ3) is 5.63. The van der Waals surface area contributed by atoms with E-state index < -0.39 is 6.10 Å². The van der Waals surface area contributed by atoms with Gasteiger partial charge in [0.15, 0.2) is 6.10 Å². The third-order valence-corrected chi connectivity index (χ3v) is 4.39. The highest BCUT2D eigenvalue weighted by molar-refractivity contribution is 5.80. The first kappa shape index (κ1) is 19.0. The van der Waals surface area contributed by atoms with Crippen LogP contribution in [0.1, 0.15) is 50.3 Å². The zero-order valence-corrected chi connectivity index (χ0v) is 15.7. The Bertz CT molecular complexity index is 677. The number of rotatable bonds is 8. The van der Waals surface area contributed by atoms with Crippen LogP contribution in [-0.4, -0.2) is 18.6 Å². The minimum absolute atomic E-state index is 0.0790. The topological polar surface area (TPSA) is 38.3 Å². The van der Waals surface area contributed by atoms with Crippen molar-refractivity contribution in [3.63, 3.8) is 0 Å². The van der Waals surface area contributed by atoms with Crippen molar-refractivity contribution in [2.75, 3.05) is 6.54 Å². The van der Waals surface area contributed by atoms with Gasteiger partial charge in [-0.2, -0.15) is 0 Å². The lowest BCUT2D eigenvalue weighted by Gasteiger charge is -2.17. The number of carbonyl (C=O) groups is 1. The summed E-state index contributed by atoms with van der Waals surface area (Å²) >= 11 is 0. The standard InChI is InChI=1S/C22H29NO2/c1-5-19-8-6-7-9-21(19)25-17(4)22(24)23-15-14-18-10-12-20(13-11-18)16(2)3/h6-13,16-17H,5,14-15H2,1-4H3,(H,23,24). The van der Waals surface area contributed by atoms with Crippen molar-refractivity contribution in [3.05, 3.63) is 65.2 Å². The molecule has 134 valence electrons. The molecule has 0 heterocycles. The molecule has 0 saturated carbocycles. The highest BCUT2D eigenvalue weighted by Crippen LogP contribution is 2.19. The van der Waals surface area contributed by atoms with E-state index in [1.165, 1.54) is 11.1 Å². The van der Waals surface area contributed by atoms with Crippen molar-refractivity contribution >= 4 is 5.91 Å². The Morgan fingerprint density at radius 1 is 1.04 bits per heavy atom. The molecule has 1 N–H and O–H groups in total. The highest BCUT2D eigenvalue weighted by Gasteiger charge is 2.15. The molecule has 25 heavy (non-hydrogen) atoms. The summed E-state index contributed by atoms with van der Waals surface area (Å²) in [5.41, 5.74) is 3.69. The monoisotopic (exact) mass is 339 g/mol. The molecule has 0 aliphatic carbocycles. The minimum atomic E-state index is -0.504. The fourth-order valence-electron chi connectivity index (χ4n) is 2.70. The molecule has 1 atom stereocenters. The number of nitrogens with one attached hydrogen (secondary N) is 1. The van der Waals surface area contributed by atoms with Crippen molar-refractivity contribution in [2.45, 2.75) is 52.6 Å². The fraction of sp³-hybridized carbons (Fsp3) is 0.409. The van der Waals surface area contributed by atoms with Crippen LogP contribution in [0.15, 0.2) is 48.5 Å². The van der Waals surface area contributed by atoms with E-state index >= 15 is 0 Å². The number of hydrogen-bond acceptors (Lipinski definition) is 2. The second kappa shape index (κ2) is 9.26. The van der Waals surface area contributed by atoms with E-state index in [0.717, 1.165) is 24.2 Å². The second-order valence-electron chi connectivity index (χ2n) is 6.66. The number of para-hydroxylation sites is 1. The molecule has 3 nitrogen and oxygen atoms in total. The van der Waals surface area contributed by atoms with Gasteiger partial charge >= 0.3 is 0 Å². The van der Waals surface area contributed by atoms with Crippen LogP contribution in [0.2, 0.25) is 0 Å². The molecule has 0 fully saturated rings. The smallest absolute Gasteiger partial charge is 0.260 e. The van der Waals surface area contributed by atoms with Crippen LogP contribution < -0.4 is 10.1 Å². The summed E-state index contributed by atoms with van der Waals surface area (Å²) in [6, 6.07) is 16.5. The van der Waals surface area contributed by atoms with Crippen LogP contribution in [0.5, 0.6) is 5.75 Å². The number of carbonyl (C=O) groups excluding carboxylic acids is 1. The Kier molecular flexibility index (Phi) is 7.05. The molecule has 2 rings (SSSR count). The van der Waals surface area contributed by atoms with Gasteiger partial charge in [0.1, 0.15) is 5.75 Å². The van der Waals surface area contributed by atoms with E-state index in [1.54, 1.807) is 6.92 Å². The van der Waals surface area contributed by atoms with Crippen LogP contribution in [0.4, 0.5) is 0 Å². The predicted molar refractivity (Wildman–Crippen MR) is 103 cm³/mol. The summed E-state index contributed by atoms with van der Waals surface area (Å²) in [6.07, 6.45) is 1.20. The lowest BCUT2D eigenvalue weighted by Crippen LogP contribution is -2.37. The number of amides is 1. The molecule has 2 aromatic carbocycles. The van der Waals surface area contributed by atoms with Gasteiger partial charge in [0.2, 0.25) is 0 Å². The average molecular weight is 339 g/mol. The molecule has 0 aliphatic rings. The van der Waals surface area contributed by atoms with E-state index in [2.05, 4.69) is 50.4 Å².